The third-order valence-electron chi connectivity index (χ3n) is 5.56. The molecule has 0 bridgehead atoms. The Bertz CT molecular complexity index is 1440. The zero-order valence-corrected chi connectivity index (χ0v) is 20.6. The van der Waals surface area contributed by atoms with Crippen molar-refractivity contribution in [2.24, 2.45) is 0 Å². The molecule has 8 nitrogen and oxygen atoms in total. The second-order valence-electron chi connectivity index (χ2n) is 8.40. The minimum atomic E-state index is -3.37. The van der Waals surface area contributed by atoms with E-state index in [1.165, 1.54) is 0 Å². The van der Waals surface area contributed by atoms with Gasteiger partial charge in [-0.25, -0.2) is 13.4 Å². The van der Waals surface area contributed by atoms with Crippen LogP contribution < -0.4 is 5.32 Å². The SMILES string of the molecule is CNCc1ccc(-c2nnc(-c3nc(-c4ccc(S(=O)(=O)C(C)C)c(C)c4)cnc3C)o2)cc1.[HH].[HH]. The highest BCUT2D eigenvalue weighted by molar-refractivity contribution is 7.92. The van der Waals surface area contributed by atoms with E-state index in [1.54, 1.807) is 39.1 Å². The zero-order chi connectivity index (χ0) is 24.5. The van der Waals surface area contributed by atoms with Crippen molar-refractivity contribution >= 4 is 9.84 Å². The number of aromatic nitrogens is 4. The van der Waals surface area contributed by atoms with Crippen molar-refractivity contribution < 1.29 is 15.7 Å². The summed E-state index contributed by atoms with van der Waals surface area (Å²) in [6, 6.07) is 13.1. The molecule has 0 aliphatic heterocycles. The molecular weight excluding hydrogens is 450 g/mol. The van der Waals surface area contributed by atoms with Crippen LogP contribution in [0, 0.1) is 13.8 Å². The van der Waals surface area contributed by atoms with Gasteiger partial charge in [0.15, 0.2) is 9.84 Å². The van der Waals surface area contributed by atoms with E-state index in [-0.39, 0.29) is 8.74 Å². The van der Waals surface area contributed by atoms with Crippen LogP contribution in [0.3, 0.4) is 0 Å². The second-order valence-corrected chi connectivity index (χ2v) is 10.9. The van der Waals surface area contributed by atoms with Gasteiger partial charge in [0.05, 0.1) is 27.7 Å². The summed E-state index contributed by atoms with van der Waals surface area (Å²) in [4.78, 5) is 9.50. The van der Waals surface area contributed by atoms with Crippen molar-refractivity contribution in [3.8, 4) is 34.3 Å². The van der Waals surface area contributed by atoms with E-state index in [0.717, 1.165) is 23.2 Å². The average molecular weight is 482 g/mol. The van der Waals surface area contributed by atoms with Gasteiger partial charge in [-0.15, -0.1) is 10.2 Å². The summed E-state index contributed by atoms with van der Waals surface area (Å²) < 4.78 is 31.1. The van der Waals surface area contributed by atoms with Gasteiger partial charge in [-0.3, -0.25) is 4.98 Å². The molecule has 0 saturated carbocycles. The molecule has 2 aromatic heterocycles. The number of hydrogen-bond acceptors (Lipinski definition) is 8. The molecule has 0 unspecified atom stereocenters. The Hall–Kier alpha value is -3.43. The normalized spacial score (nSPS) is 11.8. The molecule has 0 fully saturated rings. The summed E-state index contributed by atoms with van der Waals surface area (Å²) in [6.45, 7) is 7.74. The first kappa shape index (κ1) is 23.7. The molecule has 0 aliphatic carbocycles. The summed E-state index contributed by atoms with van der Waals surface area (Å²) in [6.07, 6.45) is 1.65. The summed E-state index contributed by atoms with van der Waals surface area (Å²) in [5, 5.41) is 11.0. The van der Waals surface area contributed by atoms with Gasteiger partial charge in [0, 0.05) is 20.5 Å². The number of benzene rings is 2. The van der Waals surface area contributed by atoms with E-state index < -0.39 is 15.1 Å². The predicted octanol–water partition coefficient (Wildman–Crippen LogP) is 4.87. The lowest BCUT2D eigenvalue weighted by molar-refractivity contribution is 0.581. The lowest BCUT2D eigenvalue weighted by atomic mass is 10.1. The molecular formula is C25H31N5O3S. The maximum absolute atomic E-state index is 12.6. The standard InChI is InChI=1S/C25H27N5O3S.2H2/c1-15(2)34(31,32)22-11-10-20(12-16(22)3)21-14-27-17(4)23(28-21)25-30-29-24(33-25)19-8-6-18(7-9-19)13-26-5;;/h6-12,14-15,26H,13H2,1-5H3;2*1H. The molecule has 180 valence electrons. The van der Waals surface area contributed by atoms with Crippen LogP contribution in [0.2, 0.25) is 0 Å². The summed E-state index contributed by atoms with van der Waals surface area (Å²) in [7, 11) is -1.47. The highest BCUT2D eigenvalue weighted by Crippen LogP contribution is 2.29. The largest absolute Gasteiger partial charge is 0.415 e. The fraction of sp³-hybridized carbons (Fsp3) is 0.280. The molecule has 2 heterocycles. The van der Waals surface area contributed by atoms with Gasteiger partial charge < -0.3 is 9.73 Å². The van der Waals surface area contributed by atoms with Crippen LogP contribution >= 0.6 is 0 Å². The van der Waals surface area contributed by atoms with Crippen LogP contribution in [0.15, 0.2) is 58.0 Å². The van der Waals surface area contributed by atoms with Crippen LogP contribution in [0.25, 0.3) is 34.3 Å². The van der Waals surface area contributed by atoms with Crippen molar-refractivity contribution in [1.29, 1.82) is 0 Å². The Balaban J connectivity index is 0.00000228. The average Bonchev–Trinajstić information content (AvgIpc) is 3.30. The number of aryl methyl sites for hydroxylation is 2. The molecule has 1 N–H and O–H groups in total. The maximum atomic E-state index is 12.6. The third-order valence-corrected chi connectivity index (χ3v) is 7.87. The maximum Gasteiger partial charge on any atom is 0.268 e. The van der Waals surface area contributed by atoms with Crippen LogP contribution in [-0.2, 0) is 16.4 Å². The number of hydrogen-bond donors (Lipinski definition) is 1. The smallest absolute Gasteiger partial charge is 0.268 e. The molecule has 0 atom stereocenters. The summed E-state index contributed by atoms with van der Waals surface area (Å²) >= 11 is 0. The molecule has 0 amide bonds. The molecule has 9 heteroatoms. The predicted molar refractivity (Wildman–Crippen MR) is 135 cm³/mol. The highest BCUT2D eigenvalue weighted by atomic mass is 32.2. The van der Waals surface area contributed by atoms with Crippen LogP contribution in [0.5, 0.6) is 0 Å². The third kappa shape index (κ3) is 4.62. The molecule has 0 aliphatic rings. The van der Waals surface area contributed by atoms with Gasteiger partial charge in [-0.2, -0.15) is 0 Å². The van der Waals surface area contributed by atoms with Gasteiger partial charge in [-0.05, 0) is 70.1 Å². The van der Waals surface area contributed by atoms with E-state index in [1.807, 2.05) is 44.3 Å². The minimum absolute atomic E-state index is 0. The van der Waals surface area contributed by atoms with Crippen molar-refractivity contribution in [2.45, 2.75) is 44.4 Å². The molecule has 0 saturated heterocycles. The Kier molecular flexibility index (Phi) is 6.58. The van der Waals surface area contributed by atoms with Gasteiger partial charge in [0.1, 0.15) is 5.69 Å². The molecule has 4 rings (SSSR count). The van der Waals surface area contributed by atoms with Crippen LogP contribution in [0.4, 0.5) is 0 Å². The molecule has 2 aromatic carbocycles. The van der Waals surface area contributed by atoms with Gasteiger partial charge in [0.2, 0.25) is 5.89 Å². The molecule has 0 spiro atoms. The highest BCUT2D eigenvalue weighted by Gasteiger charge is 2.22. The minimum Gasteiger partial charge on any atom is -0.415 e. The van der Waals surface area contributed by atoms with Gasteiger partial charge >= 0.3 is 0 Å². The van der Waals surface area contributed by atoms with E-state index in [2.05, 4.69) is 20.5 Å². The fourth-order valence-electron chi connectivity index (χ4n) is 3.58. The Morgan fingerprint density at radius 2 is 1.68 bits per heavy atom. The van der Waals surface area contributed by atoms with Gasteiger partial charge in [-0.1, -0.05) is 18.2 Å². The Morgan fingerprint density at radius 1 is 1.00 bits per heavy atom. The first-order chi connectivity index (χ1) is 16.2. The number of sulfone groups is 1. The van der Waals surface area contributed by atoms with E-state index in [9.17, 15) is 8.42 Å². The fourth-order valence-corrected chi connectivity index (χ4v) is 4.85. The van der Waals surface area contributed by atoms with Crippen LogP contribution in [0.1, 0.15) is 33.5 Å². The van der Waals surface area contributed by atoms with Crippen molar-refractivity contribution in [1.82, 2.24) is 25.5 Å². The topological polar surface area (TPSA) is 111 Å². The summed E-state index contributed by atoms with van der Waals surface area (Å²) in [5.74, 6) is 0.675. The first-order valence-corrected chi connectivity index (χ1v) is 12.5. The molecule has 34 heavy (non-hydrogen) atoms. The Morgan fingerprint density at radius 3 is 2.32 bits per heavy atom. The Labute approximate surface area is 202 Å². The van der Waals surface area contributed by atoms with Crippen LogP contribution in [-0.4, -0.2) is 40.9 Å². The second kappa shape index (κ2) is 9.44. The van der Waals surface area contributed by atoms with E-state index in [4.69, 9.17) is 9.40 Å². The number of rotatable bonds is 7. The molecule has 4 aromatic rings. The van der Waals surface area contributed by atoms with E-state index >= 15 is 0 Å². The number of nitrogens with zero attached hydrogens (tertiary/aromatic N) is 4. The number of nitrogens with one attached hydrogen (secondary N) is 1. The lowest BCUT2D eigenvalue weighted by Gasteiger charge is -2.12. The van der Waals surface area contributed by atoms with Gasteiger partial charge in [0.25, 0.3) is 5.89 Å². The van der Waals surface area contributed by atoms with Crippen molar-refractivity contribution in [3.05, 3.63) is 65.5 Å². The quantitative estimate of drug-likeness (QED) is 0.398. The molecule has 0 radical (unpaired) electrons. The van der Waals surface area contributed by atoms with E-state index in [0.29, 0.717) is 33.4 Å². The first-order valence-electron chi connectivity index (χ1n) is 11.0. The zero-order valence-electron chi connectivity index (χ0n) is 19.8. The lowest BCUT2D eigenvalue weighted by Crippen LogP contribution is -2.15. The monoisotopic (exact) mass is 481 g/mol. The summed E-state index contributed by atoms with van der Waals surface area (Å²) in [5.41, 5.74) is 5.12. The van der Waals surface area contributed by atoms with Crippen molar-refractivity contribution in [2.75, 3.05) is 7.05 Å². The van der Waals surface area contributed by atoms with Crippen molar-refractivity contribution in [3.63, 3.8) is 0 Å².